The highest BCUT2D eigenvalue weighted by molar-refractivity contribution is 5.94. The standard InChI is InChI=1S/C27H28N4O3/c1-19-25(20(2)34-29-19)18-33-24-10-8-22(9-11-24)27(32)31-15-13-30(14-16-31)17-23-6-3-5-21-7-4-12-28-26(21)23/h3-12H,13-18H2,1-2H3. The average Bonchev–Trinajstić information content (AvgIpc) is 3.20. The largest absolute Gasteiger partial charge is 0.489 e. The van der Waals surface area contributed by atoms with Gasteiger partial charge in [0.05, 0.1) is 16.8 Å². The van der Waals surface area contributed by atoms with Crippen LogP contribution in [0.4, 0.5) is 0 Å². The number of hydrogen-bond acceptors (Lipinski definition) is 6. The topological polar surface area (TPSA) is 71.7 Å². The maximum Gasteiger partial charge on any atom is 0.253 e. The fourth-order valence-electron chi connectivity index (χ4n) is 4.38. The molecule has 1 fully saturated rings. The summed E-state index contributed by atoms with van der Waals surface area (Å²) in [4.78, 5) is 21.9. The molecule has 1 amide bonds. The molecule has 7 nitrogen and oxygen atoms in total. The first kappa shape index (κ1) is 22.1. The molecule has 1 saturated heterocycles. The number of fused-ring (bicyclic) bond motifs is 1. The van der Waals surface area contributed by atoms with Gasteiger partial charge in [-0.3, -0.25) is 14.7 Å². The van der Waals surface area contributed by atoms with E-state index in [1.165, 1.54) is 5.56 Å². The van der Waals surface area contributed by atoms with Gasteiger partial charge in [0.1, 0.15) is 18.1 Å². The van der Waals surface area contributed by atoms with Gasteiger partial charge in [-0.2, -0.15) is 0 Å². The minimum atomic E-state index is 0.0590. The molecule has 34 heavy (non-hydrogen) atoms. The fourth-order valence-corrected chi connectivity index (χ4v) is 4.38. The number of ether oxygens (including phenoxy) is 1. The molecular formula is C27H28N4O3. The van der Waals surface area contributed by atoms with E-state index in [9.17, 15) is 4.79 Å². The van der Waals surface area contributed by atoms with Crippen LogP contribution in [0.2, 0.25) is 0 Å². The molecule has 4 aromatic rings. The third-order valence-electron chi connectivity index (χ3n) is 6.44. The summed E-state index contributed by atoms with van der Waals surface area (Å²) in [5.74, 6) is 1.54. The van der Waals surface area contributed by atoms with Crippen molar-refractivity contribution in [2.75, 3.05) is 26.2 Å². The van der Waals surface area contributed by atoms with Crippen LogP contribution >= 0.6 is 0 Å². The van der Waals surface area contributed by atoms with Crippen molar-refractivity contribution in [2.45, 2.75) is 27.0 Å². The smallest absolute Gasteiger partial charge is 0.253 e. The first-order valence-corrected chi connectivity index (χ1v) is 11.6. The van der Waals surface area contributed by atoms with Gasteiger partial charge in [0.2, 0.25) is 0 Å². The first-order valence-electron chi connectivity index (χ1n) is 11.6. The summed E-state index contributed by atoms with van der Waals surface area (Å²) in [6, 6.07) is 17.7. The molecule has 0 saturated carbocycles. The molecule has 0 radical (unpaired) electrons. The zero-order chi connectivity index (χ0) is 23.5. The second-order valence-corrected chi connectivity index (χ2v) is 8.68. The van der Waals surface area contributed by atoms with Gasteiger partial charge in [0.25, 0.3) is 5.91 Å². The summed E-state index contributed by atoms with van der Waals surface area (Å²) < 4.78 is 11.0. The van der Waals surface area contributed by atoms with E-state index >= 15 is 0 Å². The van der Waals surface area contributed by atoms with Crippen LogP contribution in [0.15, 0.2) is 65.3 Å². The summed E-state index contributed by atoms with van der Waals surface area (Å²) in [5.41, 5.74) is 4.75. The number of hydrogen-bond donors (Lipinski definition) is 0. The lowest BCUT2D eigenvalue weighted by atomic mass is 10.1. The number of aromatic nitrogens is 2. The van der Waals surface area contributed by atoms with Crippen molar-refractivity contribution in [3.05, 3.63) is 88.9 Å². The Labute approximate surface area is 198 Å². The van der Waals surface area contributed by atoms with Crippen molar-refractivity contribution < 1.29 is 14.1 Å². The molecular weight excluding hydrogens is 428 g/mol. The Bertz CT molecular complexity index is 1270. The maximum absolute atomic E-state index is 13.0. The quantitative estimate of drug-likeness (QED) is 0.429. The Kier molecular flexibility index (Phi) is 6.27. The molecule has 0 unspecified atom stereocenters. The van der Waals surface area contributed by atoms with Crippen LogP contribution in [0.25, 0.3) is 10.9 Å². The van der Waals surface area contributed by atoms with Gasteiger partial charge in [0.15, 0.2) is 0 Å². The highest BCUT2D eigenvalue weighted by atomic mass is 16.5. The number of carbonyl (C=O) groups excluding carboxylic acids is 1. The lowest BCUT2D eigenvalue weighted by molar-refractivity contribution is 0.0629. The number of para-hydroxylation sites is 1. The minimum Gasteiger partial charge on any atom is -0.489 e. The van der Waals surface area contributed by atoms with E-state index in [1.807, 2.05) is 55.3 Å². The summed E-state index contributed by atoms with van der Waals surface area (Å²) in [6.45, 7) is 8.11. The number of benzene rings is 2. The first-order chi connectivity index (χ1) is 16.6. The lowest BCUT2D eigenvalue weighted by Gasteiger charge is -2.35. The van der Waals surface area contributed by atoms with Crippen molar-refractivity contribution in [1.82, 2.24) is 19.9 Å². The molecule has 0 spiro atoms. The Balaban J connectivity index is 1.15. The highest BCUT2D eigenvalue weighted by Crippen LogP contribution is 2.21. The van der Waals surface area contributed by atoms with Crippen LogP contribution in [0.3, 0.4) is 0 Å². The molecule has 2 aromatic carbocycles. The predicted molar refractivity (Wildman–Crippen MR) is 130 cm³/mol. The van der Waals surface area contributed by atoms with Crippen molar-refractivity contribution in [1.29, 1.82) is 0 Å². The van der Waals surface area contributed by atoms with Crippen LogP contribution in [0.1, 0.15) is 32.9 Å². The molecule has 174 valence electrons. The minimum absolute atomic E-state index is 0.0590. The van der Waals surface area contributed by atoms with Crippen molar-refractivity contribution in [2.24, 2.45) is 0 Å². The summed E-state index contributed by atoms with van der Waals surface area (Å²) in [5, 5.41) is 5.11. The number of piperazine rings is 1. The highest BCUT2D eigenvalue weighted by Gasteiger charge is 2.22. The van der Waals surface area contributed by atoms with Crippen LogP contribution in [0, 0.1) is 13.8 Å². The van der Waals surface area contributed by atoms with Gasteiger partial charge in [-0.1, -0.05) is 29.4 Å². The third kappa shape index (κ3) is 4.65. The molecule has 5 rings (SSSR count). The molecule has 7 heteroatoms. The number of carbonyl (C=O) groups is 1. The fraction of sp³-hybridized carbons (Fsp3) is 0.296. The van der Waals surface area contributed by atoms with Crippen LogP contribution in [-0.4, -0.2) is 52.0 Å². The van der Waals surface area contributed by atoms with E-state index in [4.69, 9.17) is 9.26 Å². The monoisotopic (exact) mass is 456 g/mol. The summed E-state index contributed by atoms with van der Waals surface area (Å²) >= 11 is 0. The summed E-state index contributed by atoms with van der Waals surface area (Å²) in [6.07, 6.45) is 1.84. The average molecular weight is 457 g/mol. The Hall–Kier alpha value is -3.71. The van der Waals surface area contributed by atoms with Gasteiger partial charge in [-0.05, 0) is 49.7 Å². The van der Waals surface area contributed by atoms with Crippen LogP contribution in [-0.2, 0) is 13.2 Å². The van der Waals surface area contributed by atoms with Gasteiger partial charge in [0, 0.05) is 49.9 Å². The number of amides is 1. The Morgan fingerprint density at radius 3 is 2.50 bits per heavy atom. The van der Waals surface area contributed by atoms with E-state index in [-0.39, 0.29) is 5.91 Å². The number of aryl methyl sites for hydroxylation is 2. The molecule has 0 atom stereocenters. The van der Waals surface area contributed by atoms with E-state index in [1.54, 1.807) is 0 Å². The number of rotatable bonds is 6. The third-order valence-corrected chi connectivity index (χ3v) is 6.44. The van der Waals surface area contributed by atoms with Crippen molar-refractivity contribution >= 4 is 16.8 Å². The number of nitrogens with zero attached hydrogens (tertiary/aromatic N) is 4. The van der Waals surface area contributed by atoms with Gasteiger partial charge in [-0.25, -0.2) is 0 Å². The molecule has 0 aliphatic carbocycles. The molecule has 1 aliphatic rings. The van der Waals surface area contributed by atoms with Gasteiger partial charge >= 0.3 is 0 Å². The Morgan fingerprint density at radius 1 is 1.00 bits per heavy atom. The van der Waals surface area contributed by atoms with Crippen molar-refractivity contribution in [3.8, 4) is 5.75 Å². The molecule has 1 aliphatic heterocycles. The number of pyridine rings is 1. The van der Waals surface area contributed by atoms with E-state index in [0.29, 0.717) is 31.0 Å². The molecule has 0 N–H and O–H groups in total. The predicted octanol–water partition coefficient (Wildman–Crippen LogP) is 4.38. The van der Waals surface area contributed by atoms with Gasteiger partial charge in [-0.15, -0.1) is 0 Å². The summed E-state index contributed by atoms with van der Waals surface area (Å²) in [7, 11) is 0. The van der Waals surface area contributed by atoms with E-state index in [2.05, 4.69) is 39.3 Å². The van der Waals surface area contributed by atoms with Crippen molar-refractivity contribution in [3.63, 3.8) is 0 Å². The zero-order valence-electron chi connectivity index (χ0n) is 19.5. The lowest BCUT2D eigenvalue weighted by Crippen LogP contribution is -2.48. The molecule has 3 heterocycles. The second-order valence-electron chi connectivity index (χ2n) is 8.68. The van der Waals surface area contributed by atoms with Crippen LogP contribution in [0.5, 0.6) is 5.75 Å². The Morgan fingerprint density at radius 2 is 1.76 bits per heavy atom. The van der Waals surface area contributed by atoms with E-state index in [0.717, 1.165) is 47.6 Å². The van der Waals surface area contributed by atoms with Gasteiger partial charge < -0.3 is 14.2 Å². The zero-order valence-corrected chi connectivity index (χ0v) is 19.5. The van der Waals surface area contributed by atoms with E-state index < -0.39 is 0 Å². The normalized spacial score (nSPS) is 14.5. The second kappa shape index (κ2) is 9.65. The van der Waals surface area contributed by atoms with Crippen LogP contribution < -0.4 is 4.74 Å². The maximum atomic E-state index is 13.0. The molecule has 2 aromatic heterocycles. The SMILES string of the molecule is Cc1noc(C)c1COc1ccc(C(=O)N2CCN(Cc3cccc4cccnc34)CC2)cc1. The molecule has 0 bridgehead atoms.